The Morgan fingerprint density at radius 2 is 2.28 bits per heavy atom. The summed E-state index contributed by atoms with van der Waals surface area (Å²) < 4.78 is 0. The number of hydrogen-bond acceptors (Lipinski definition) is 3. The van der Waals surface area contributed by atoms with Crippen LogP contribution in [0.15, 0.2) is 24.3 Å². The van der Waals surface area contributed by atoms with Crippen molar-refractivity contribution < 1.29 is 4.79 Å². The van der Waals surface area contributed by atoms with Crippen molar-refractivity contribution in [3.8, 4) is 0 Å². The van der Waals surface area contributed by atoms with Gasteiger partial charge >= 0.3 is 0 Å². The van der Waals surface area contributed by atoms with Crippen molar-refractivity contribution in [2.24, 2.45) is 11.7 Å². The highest BCUT2D eigenvalue weighted by molar-refractivity contribution is 5.92. The number of aromatic nitrogens is 2. The Bertz CT molecular complexity index is 502. The molecule has 1 heterocycles. The number of anilines is 1. The molecule has 5 heteroatoms. The molecular formula is C13H18N4O. The van der Waals surface area contributed by atoms with E-state index in [1.54, 1.807) is 0 Å². The van der Waals surface area contributed by atoms with E-state index in [-0.39, 0.29) is 11.8 Å². The Morgan fingerprint density at radius 1 is 1.50 bits per heavy atom. The van der Waals surface area contributed by atoms with Crippen LogP contribution < -0.4 is 11.1 Å². The fourth-order valence-electron chi connectivity index (χ4n) is 1.81. The number of H-pyrrole nitrogens is 1. The number of carbonyl (C=O) groups excluding carboxylic acids is 1. The van der Waals surface area contributed by atoms with Gasteiger partial charge in [-0.15, -0.1) is 0 Å². The molecule has 0 spiro atoms. The number of benzene rings is 1. The number of amides is 1. The van der Waals surface area contributed by atoms with Gasteiger partial charge < -0.3 is 10.7 Å². The van der Waals surface area contributed by atoms with Gasteiger partial charge in [-0.1, -0.05) is 19.1 Å². The molecule has 1 atom stereocenters. The first-order valence-electron chi connectivity index (χ1n) is 6.16. The largest absolute Gasteiger partial charge is 0.330 e. The number of imidazole rings is 1. The van der Waals surface area contributed by atoms with Gasteiger partial charge in [0.05, 0.1) is 11.0 Å². The van der Waals surface area contributed by atoms with Crippen molar-refractivity contribution >= 4 is 22.9 Å². The third-order valence-electron chi connectivity index (χ3n) is 2.92. The molecule has 0 aliphatic heterocycles. The second kappa shape index (κ2) is 5.64. The van der Waals surface area contributed by atoms with E-state index in [1.807, 2.05) is 31.2 Å². The summed E-state index contributed by atoms with van der Waals surface area (Å²) in [5.74, 6) is 0.421. The fraction of sp³-hybridized carbons (Fsp3) is 0.385. The van der Waals surface area contributed by atoms with Gasteiger partial charge in [0.15, 0.2) is 0 Å². The molecule has 1 aromatic heterocycles. The number of nitrogens with two attached hydrogens (primary N) is 1. The van der Waals surface area contributed by atoms with E-state index in [0.29, 0.717) is 12.5 Å². The molecule has 0 aliphatic carbocycles. The minimum atomic E-state index is -0.0539. The van der Waals surface area contributed by atoms with Crippen molar-refractivity contribution in [3.63, 3.8) is 0 Å². The Kier molecular flexibility index (Phi) is 3.94. The predicted molar refractivity (Wildman–Crippen MR) is 72.2 cm³/mol. The Balaban J connectivity index is 2.02. The lowest BCUT2D eigenvalue weighted by molar-refractivity contribution is -0.119. The van der Waals surface area contributed by atoms with Gasteiger partial charge in [0.2, 0.25) is 11.9 Å². The van der Waals surface area contributed by atoms with Gasteiger partial charge in [-0.2, -0.15) is 0 Å². The van der Waals surface area contributed by atoms with Crippen molar-refractivity contribution in [1.29, 1.82) is 0 Å². The number of carbonyl (C=O) groups is 1. The lowest BCUT2D eigenvalue weighted by Crippen LogP contribution is -2.21. The Hall–Kier alpha value is -1.88. The summed E-state index contributed by atoms with van der Waals surface area (Å²) in [6.45, 7) is 2.51. The molecule has 0 aliphatic rings. The van der Waals surface area contributed by atoms with E-state index in [9.17, 15) is 4.79 Å². The normalized spacial score (nSPS) is 12.6. The maximum absolute atomic E-state index is 11.9. The number of aromatic amines is 1. The lowest BCUT2D eigenvalue weighted by atomic mass is 10.1. The molecule has 1 amide bonds. The van der Waals surface area contributed by atoms with E-state index in [4.69, 9.17) is 5.73 Å². The minimum absolute atomic E-state index is 0.0255. The van der Waals surface area contributed by atoms with Crippen LogP contribution in [0.25, 0.3) is 11.0 Å². The average Bonchev–Trinajstić information content (AvgIpc) is 2.77. The zero-order valence-electron chi connectivity index (χ0n) is 10.4. The quantitative estimate of drug-likeness (QED) is 0.753. The molecule has 1 unspecified atom stereocenters. The van der Waals surface area contributed by atoms with Gasteiger partial charge in [-0.3, -0.25) is 10.1 Å². The zero-order valence-corrected chi connectivity index (χ0v) is 10.4. The number of nitrogens with one attached hydrogen (secondary N) is 2. The van der Waals surface area contributed by atoms with E-state index in [2.05, 4.69) is 15.3 Å². The summed E-state index contributed by atoms with van der Waals surface area (Å²) in [5.41, 5.74) is 7.20. The Labute approximate surface area is 106 Å². The van der Waals surface area contributed by atoms with Crippen molar-refractivity contribution in [3.05, 3.63) is 24.3 Å². The van der Waals surface area contributed by atoms with Crippen molar-refractivity contribution in [1.82, 2.24) is 9.97 Å². The highest BCUT2D eigenvalue weighted by atomic mass is 16.2. The maximum Gasteiger partial charge on any atom is 0.229 e. The van der Waals surface area contributed by atoms with Gasteiger partial charge in [-0.05, 0) is 31.5 Å². The first kappa shape index (κ1) is 12.6. The minimum Gasteiger partial charge on any atom is -0.330 e. The smallest absolute Gasteiger partial charge is 0.229 e. The first-order chi connectivity index (χ1) is 8.70. The van der Waals surface area contributed by atoms with Crippen LogP contribution in [0.3, 0.4) is 0 Å². The highest BCUT2D eigenvalue weighted by Crippen LogP contribution is 2.14. The molecule has 1 aromatic carbocycles. The molecule has 2 rings (SSSR count). The van der Waals surface area contributed by atoms with E-state index in [1.165, 1.54) is 0 Å². The zero-order chi connectivity index (χ0) is 13.0. The summed E-state index contributed by atoms with van der Waals surface area (Å²) in [6.07, 6.45) is 1.65. The van der Waals surface area contributed by atoms with Gasteiger partial charge in [-0.25, -0.2) is 4.98 Å². The second-order valence-corrected chi connectivity index (χ2v) is 4.42. The topological polar surface area (TPSA) is 83.8 Å². The first-order valence-corrected chi connectivity index (χ1v) is 6.16. The summed E-state index contributed by atoms with van der Waals surface area (Å²) in [5, 5.41) is 2.79. The monoisotopic (exact) mass is 246 g/mol. The third-order valence-corrected chi connectivity index (χ3v) is 2.92. The summed E-state index contributed by atoms with van der Waals surface area (Å²) in [6, 6.07) is 7.67. The molecule has 0 radical (unpaired) electrons. The molecule has 0 saturated carbocycles. The Morgan fingerprint density at radius 3 is 3.00 bits per heavy atom. The average molecular weight is 246 g/mol. The molecule has 4 N–H and O–H groups in total. The van der Waals surface area contributed by atoms with Gasteiger partial charge in [0.1, 0.15) is 0 Å². The fourth-order valence-corrected chi connectivity index (χ4v) is 1.81. The predicted octanol–water partition coefficient (Wildman–Crippen LogP) is 1.88. The van der Waals surface area contributed by atoms with Crippen LogP contribution in [0.2, 0.25) is 0 Å². The second-order valence-electron chi connectivity index (χ2n) is 4.42. The molecule has 0 saturated heterocycles. The molecule has 0 bridgehead atoms. The van der Waals surface area contributed by atoms with E-state index in [0.717, 1.165) is 23.9 Å². The van der Waals surface area contributed by atoms with Crippen molar-refractivity contribution in [2.75, 3.05) is 11.9 Å². The number of nitrogens with zero attached hydrogens (tertiary/aromatic N) is 1. The van der Waals surface area contributed by atoms with Crippen LogP contribution in [-0.4, -0.2) is 22.4 Å². The molecule has 18 heavy (non-hydrogen) atoms. The van der Waals surface area contributed by atoms with Crippen LogP contribution in [0.5, 0.6) is 0 Å². The van der Waals surface area contributed by atoms with Gasteiger partial charge in [0.25, 0.3) is 0 Å². The highest BCUT2D eigenvalue weighted by Gasteiger charge is 2.13. The number of para-hydroxylation sites is 2. The number of rotatable bonds is 5. The summed E-state index contributed by atoms with van der Waals surface area (Å²) in [7, 11) is 0. The molecule has 96 valence electrons. The SMILES string of the molecule is CC(CCCN)C(=O)Nc1nc2ccccc2[nH]1. The lowest BCUT2D eigenvalue weighted by Gasteiger charge is -2.09. The summed E-state index contributed by atoms with van der Waals surface area (Å²) >= 11 is 0. The molecule has 5 nitrogen and oxygen atoms in total. The van der Waals surface area contributed by atoms with Crippen LogP contribution in [-0.2, 0) is 4.79 Å². The van der Waals surface area contributed by atoms with Crippen molar-refractivity contribution in [2.45, 2.75) is 19.8 Å². The third kappa shape index (κ3) is 2.87. The number of fused-ring (bicyclic) bond motifs is 1. The van der Waals surface area contributed by atoms with E-state index < -0.39 is 0 Å². The molecular weight excluding hydrogens is 228 g/mol. The van der Waals surface area contributed by atoms with E-state index >= 15 is 0 Å². The van der Waals surface area contributed by atoms with Crippen LogP contribution in [0.1, 0.15) is 19.8 Å². The molecule has 2 aromatic rings. The number of hydrogen-bond donors (Lipinski definition) is 3. The van der Waals surface area contributed by atoms with Crippen LogP contribution >= 0.6 is 0 Å². The van der Waals surface area contributed by atoms with Crippen LogP contribution in [0.4, 0.5) is 5.95 Å². The summed E-state index contributed by atoms with van der Waals surface area (Å²) in [4.78, 5) is 19.3. The van der Waals surface area contributed by atoms with Crippen LogP contribution in [0, 0.1) is 5.92 Å². The maximum atomic E-state index is 11.9. The molecule has 0 fully saturated rings. The van der Waals surface area contributed by atoms with Gasteiger partial charge in [0, 0.05) is 5.92 Å². The standard InChI is InChI=1S/C13H18N4O/c1-9(5-4-8-14)12(18)17-13-15-10-6-2-3-7-11(10)16-13/h2-3,6-7,9H,4-5,8,14H2,1H3,(H2,15,16,17,18).